The van der Waals surface area contributed by atoms with Crippen LogP contribution in [0.2, 0.25) is 5.02 Å². The predicted octanol–water partition coefficient (Wildman–Crippen LogP) is 3.75. The maximum absolute atomic E-state index is 12.2. The van der Waals surface area contributed by atoms with Crippen molar-refractivity contribution < 1.29 is 9.59 Å². The molecule has 3 N–H and O–H groups in total. The average Bonchev–Trinajstić information content (AvgIpc) is 3.01. The van der Waals surface area contributed by atoms with Gasteiger partial charge < -0.3 is 16.0 Å². The van der Waals surface area contributed by atoms with E-state index >= 15 is 0 Å². The van der Waals surface area contributed by atoms with Crippen molar-refractivity contribution in [3.8, 4) is 0 Å². The lowest BCUT2D eigenvalue weighted by Gasteiger charge is -2.18. The molecule has 1 atom stereocenters. The number of nitrogens with zero attached hydrogens (tertiary/aromatic N) is 1. The van der Waals surface area contributed by atoms with Crippen molar-refractivity contribution in [2.75, 3.05) is 23.3 Å². The Balaban J connectivity index is 1.65. The number of urea groups is 2. The SMILES string of the molecule is CC(NC(=O)Nc1cccc(N2CCNC2=O)c1)c1ccccc1Cl. The van der Waals surface area contributed by atoms with E-state index in [1.165, 1.54) is 0 Å². The summed E-state index contributed by atoms with van der Waals surface area (Å²) in [5, 5.41) is 9.01. The van der Waals surface area contributed by atoms with Gasteiger partial charge in [0.05, 0.1) is 6.04 Å². The Labute approximate surface area is 151 Å². The smallest absolute Gasteiger partial charge is 0.321 e. The quantitative estimate of drug-likeness (QED) is 0.778. The molecule has 0 radical (unpaired) electrons. The first-order chi connectivity index (χ1) is 12.0. The van der Waals surface area contributed by atoms with Crippen LogP contribution in [-0.2, 0) is 0 Å². The number of hydrogen-bond donors (Lipinski definition) is 3. The van der Waals surface area contributed by atoms with Crippen LogP contribution in [0.15, 0.2) is 48.5 Å². The first-order valence-corrected chi connectivity index (χ1v) is 8.40. The highest BCUT2D eigenvalue weighted by Crippen LogP contribution is 2.23. The van der Waals surface area contributed by atoms with E-state index in [0.29, 0.717) is 23.8 Å². The van der Waals surface area contributed by atoms with E-state index in [4.69, 9.17) is 11.6 Å². The molecule has 1 saturated heterocycles. The van der Waals surface area contributed by atoms with Crippen molar-refractivity contribution in [1.82, 2.24) is 10.6 Å². The molecule has 6 nitrogen and oxygen atoms in total. The first-order valence-electron chi connectivity index (χ1n) is 8.02. The van der Waals surface area contributed by atoms with E-state index in [9.17, 15) is 9.59 Å². The normalized spacial score (nSPS) is 14.8. The van der Waals surface area contributed by atoms with Crippen molar-refractivity contribution in [2.45, 2.75) is 13.0 Å². The summed E-state index contributed by atoms with van der Waals surface area (Å²) in [6.45, 7) is 3.09. The number of halogens is 1. The van der Waals surface area contributed by atoms with Crippen LogP contribution in [0.5, 0.6) is 0 Å². The Morgan fingerprint density at radius 3 is 2.76 bits per heavy atom. The molecule has 1 aliphatic rings. The number of anilines is 2. The maximum Gasteiger partial charge on any atom is 0.321 e. The third-order valence-electron chi connectivity index (χ3n) is 3.99. The van der Waals surface area contributed by atoms with E-state index in [1.54, 1.807) is 29.2 Å². The highest BCUT2D eigenvalue weighted by atomic mass is 35.5. The number of carbonyl (C=O) groups is 2. The largest absolute Gasteiger partial charge is 0.336 e. The molecule has 1 aliphatic heterocycles. The first kappa shape index (κ1) is 17.1. The van der Waals surface area contributed by atoms with E-state index in [2.05, 4.69) is 16.0 Å². The Bertz CT molecular complexity index is 796. The summed E-state index contributed by atoms with van der Waals surface area (Å²) >= 11 is 6.15. The number of carbonyl (C=O) groups excluding carboxylic acids is 2. The topological polar surface area (TPSA) is 73.5 Å². The van der Waals surface area contributed by atoms with Gasteiger partial charge in [0.2, 0.25) is 0 Å². The molecule has 4 amide bonds. The fourth-order valence-corrected chi connectivity index (χ4v) is 3.04. The van der Waals surface area contributed by atoms with Gasteiger partial charge in [-0.05, 0) is 36.8 Å². The minimum Gasteiger partial charge on any atom is -0.336 e. The fourth-order valence-electron chi connectivity index (χ4n) is 2.74. The number of rotatable bonds is 4. The Hall–Kier alpha value is -2.73. The minimum absolute atomic E-state index is 0.131. The molecule has 7 heteroatoms. The molecule has 1 fully saturated rings. The van der Waals surface area contributed by atoms with Crippen LogP contribution in [0.25, 0.3) is 0 Å². The van der Waals surface area contributed by atoms with Crippen LogP contribution in [-0.4, -0.2) is 25.2 Å². The summed E-state index contributed by atoms with van der Waals surface area (Å²) in [5.74, 6) is 0. The lowest BCUT2D eigenvalue weighted by atomic mass is 10.1. The van der Waals surface area contributed by atoms with Crippen LogP contribution in [0.1, 0.15) is 18.5 Å². The minimum atomic E-state index is -0.338. The second-order valence-corrected chi connectivity index (χ2v) is 6.18. The summed E-state index contributed by atoms with van der Waals surface area (Å²) < 4.78 is 0. The van der Waals surface area contributed by atoms with E-state index in [0.717, 1.165) is 11.3 Å². The number of amides is 4. The summed E-state index contributed by atoms with van der Waals surface area (Å²) in [5.41, 5.74) is 2.20. The van der Waals surface area contributed by atoms with Gasteiger partial charge in [0.1, 0.15) is 0 Å². The van der Waals surface area contributed by atoms with Crippen LogP contribution < -0.4 is 20.9 Å². The molecule has 2 aromatic rings. The zero-order valence-corrected chi connectivity index (χ0v) is 14.5. The van der Waals surface area contributed by atoms with Crippen molar-refractivity contribution in [3.63, 3.8) is 0 Å². The second-order valence-electron chi connectivity index (χ2n) is 5.78. The van der Waals surface area contributed by atoms with Crippen LogP contribution in [0.4, 0.5) is 21.0 Å². The van der Waals surface area contributed by atoms with Gasteiger partial charge >= 0.3 is 12.1 Å². The molecule has 1 heterocycles. The van der Waals surface area contributed by atoms with Gasteiger partial charge in [0.25, 0.3) is 0 Å². The maximum atomic E-state index is 12.2. The van der Waals surface area contributed by atoms with E-state index in [1.807, 2.05) is 31.2 Å². The van der Waals surface area contributed by atoms with Gasteiger partial charge in [-0.25, -0.2) is 9.59 Å². The summed E-state index contributed by atoms with van der Waals surface area (Å²) in [7, 11) is 0. The molecule has 0 aromatic heterocycles. The summed E-state index contributed by atoms with van der Waals surface area (Å²) in [6, 6.07) is 13.9. The molecule has 2 aromatic carbocycles. The monoisotopic (exact) mass is 358 g/mol. The highest BCUT2D eigenvalue weighted by molar-refractivity contribution is 6.31. The Kier molecular flexibility index (Phi) is 5.09. The van der Waals surface area contributed by atoms with E-state index < -0.39 is 0 Å². The zero-order valence-electron chi connectivity index (χ0n) is 13.8. The van der Waals surface area contributed by atoms with Gasteiger partial charge in [-0.2, -0.15) is 0 Å². The van der Waals surface area contributed by atoms with Crippen molar-refractivity contribution in [2.24, 2.45) is 0 Å². The zero-order chi connectivity index (χ0) is 17.8. The molecular formula is C18H19ClN4O2. The van der Waals surface area contributed by atoms with Crippen molar-refractivity contribution in [3.05, 3.63) is 59.1 Å². The van der Waals surface area contributed by atoms with Gasteiger partial charge in [-0.1, -0.05) is 35.9 Å². The molecule has 1 unspecified atom stereocenters. The van der Waals surface area contributed by atoms with Gasteiger partial charge in [-0.15, -0.1) is 0 Å². The van der Waals surface area contributed by atoms with Crippen LogP contribution in [0, 0.1) is 0 Å². The molecule has 0 spiro atoms. The highest BCUT2D eigenvalue weighted by Gasteiger charge is 2.21. The van der Waals surface area contributed by atoms with E-state index in [-0.39, 0.29) is 18.1 Å². The third-order valence-corrected chi connectivity index (χ3v) is 4.34. The van der Waals surface area contributed by atoms with Gasteiger partial charge in [0, 0.05) is 29.5 Å². The standard InChI is InChI=1S/C18H19ClN4O2/c1-12(15-7-2-3-8-16(15)19)21-17(24)22-13-5-4-6-14(11-13)23-10-9-20-18(23)25/h2-8,11-12H,9-10H2,1H3,(H,20,25)(H2,21,22,24). The lowest BCUT2D eigenvalue weighted by Crippen LogP contribution is -2.31. The molecule has 0 aliphatic carbocycles. The summed E-state index contributed by atoms with van der Waals surface area (Å²) in [4.78, 5) is 25.6. The van der Waals surface area contributed by atoms with Crippen molar-refractivity contribution >= 4 is 35.0 Å². The van der Waals surface area contributed by atoms with Gasteiger partial charge in [0.15, 0.2) is 0 Å². The second kappa shape index (κ2) is 7.44. The molecule has 0 saturated carbocycles. The van der Waals surface area contributed by atoms with Gasteiger partial charge in [-0.3, -0.25) is 4.90 Å². The Morgan fingerprint density at radius 2 is 2.04 bits per heavy atom. The fraction of sp³-hybridized carbons (Fsp3) is 0.222. The lowest BCUT2D eigenvalue weighted by molar-refractivity contribution is 0.249. The van der Waals surface area contributed by atoms with Crippen LogP contribution in [0.3, 0.4) is 0 Å². The Morgan fingerprint density at radius 1 is 1.24 bits per heavy atom. The average molecular weight is 359 g/mol. The predicted molar refractivity (Wildman–Crippen MR) is 99.2 cm³/mol. The number of nitrogens with one attached hydrogen (secondary N) is 3. The van der Waals surface area contributed by atoms with Crippen LogP contribution >= 0.6 is 11.6 Å². The third kappa shape index (κ3) is 4.03. The molecule has 0 bridgehead atoms. The molecule has 130 valence electrons. The molecular weight excluding hydrogens is 340 g/mol. The molecule has 3 rings (SSSR count). The summed E-state index contributed by atoms with van der Waals surface area (Å²) in [6.07, 6.45) is 0. The van der Waals surface area contributed by atoms with Crippen molar-refractivity contribution in [1.29, 1.82) is 0 Å². The number of benzene rings is 2. The number of hydrogen-bond acceptors (Lipinski definition) is 2. The molecule has 25 heavy (non-hydrogen) atoms.